The summed E-state index contributed by atoms with van der Waals surface area (Å²) < 4.78 is 11.1. The van der Waals surface area contributed by atoms with Crippen molar-refractivity contribution < 1.29 is 18.7 Å². The highest BCUT2D eigenvalue weighted by Crippen LogP contribution is 2.20. The van der Waals surface area contributed by atoms with Gasteiger partial charge in [-0.3, -0.25) is 9.59 Å². The van der Waals surface area contributed by atoms with Crippen LogP contribution in [0.5, 0.6) is 5.75 Å². The summed E-state index contributed by atoms with van der Waals surface area (Å²) in [5, 5.41) is 2.45. The van der Waals surface area contributed by atoms with Gasteiger partial charge in [0.1, 0.15) is 24.2 Å². The molecule has 3 N–H and O–H groups in total. The van der Waals surface area contributed by atoms with E-state index in [1.54, 1.807) is 6.07 Å². The second-order valence-corrected chi connectivity index (χ2v) is 5.42. The van der Waals surface area contributed by atoms with Crippen molar-refractivity contribution in [1.29, 1.82) is 0 Å². The Morgan fingerprint density at radius 1 is 1.26 bits per heavy atom. The Bertz CT molecular complexity index is 721. The van der Waals surface area contributed by atoms with Crippen molar-refractivity contribution >= 4 is 11.8 Å². The van der Waals surface area contributed by atoms with Crippen molar-refractivity contribution in [2.24, 2.45) is 5.73 Å². The Morgan fingerprint density at radius 2 is 2.00 bits per heavy atom. The summed E-state index contributed by atoms with van der Waals surface area (Å²) in [6.45, 7) is 5.70. The molecular formula is C17H20N2O4. The van der Waals surface area contributed by atoms with Gasteiger partial charge >= 0.3 is 0 Å². The molecule has 2 aromatic rings. The first kappa shape index (κ1) is 16.6. The number of carbonyl (C=O) groups excluding carboxylic acids is 2. The second-order valence-electron chi connectivity index (χ2n) is 5.42. The smallest absolute Gasteiger partial charge is 0.287 e. The van der Waals surface area contributed by atoms with Gasteiger partial charge in [0.2, 0.25) is 5.91 Å². The molecule has 1 aromatic heterocycles. The van der Waals surface area contributed by atoms with Crippen LogP contribution in [0.2, 0.25) is 0 Å². The highest BCUT2D eigenvalue weighted by atomic mass is 16.5. The first-order valence-corrected chi connectivity index (χ1v) is 7.25. The maximum atomic E-state index is 11.9. The predicted molar refractivity (Wildman–Crippen MR) is 85.1 cm³/mol. The molecule has 6 nitrogen and oxygen atoms in total. The maximum Gasteiger partial charge on any atom is 0.287 e. The number of carbonyl (C=O) groups is 2. The SMILES string of the molecule is Cc1ccc(OCc2ccc(C(=O)N[C@H](C)C(N)=O)o2)c(C)c1. The van der Waals surface area contributed by atoms with Crippen LogP contribution in [0.3, 0.4) is 0 Å². The largest absolute Gasteiger partial charge is 0.485 e. The topological polar surface area (TPSA) is 94.6 Å². The highest BCUT2D eigenvalue weighted by Gasteiger charge is 2.17. The monoisotopic (exact) mass is 316 g/mol. The van der Waals surface area contributed by atoms with Crippen molar-refractivity contribution in [3.05, 3.63) is 53.0 Å². The molecule has 0 unspecified atom stereocenters. The molecule has 0 saturated carbocycles. The van der Waals surface area contributed by atoms with Gasteiger partial charge < -0.3 is 20.2 Å². The lowest BCUT2D eigenvalue weighted by atomic mass is 10.1. The van der Waals surface area contributed by atoms with Gasteiger partial charge in [-0.25, -0.2) is 0 Å². The maximum absolute atomic E-state index is 11.9. The lowest BCUT2D eigenvalue weighted by molar-refractivity contribution is -0.119. The Hall–Kier alpha value is -2.76. The number of benzene rings is 1. The molecule has 122 valence electrons. The lowest BCUT2D eigenvalue weighted by Gasteiger charge is -2.09. The van der Waals surface area contributed by atoms with Crippen LogP contribution >= 0.6 is 0 Å². The van der Waals surface area contributed by atoms with E-state index in [1.165, 1.54) is 13.0 Å². The molecule has 23 heavy (non-hydrogen) atoms. The van der Waals surface area contributed by atoms with E-state index in [9.17, 15) is 9.59 Å². The quantitative estimate of drug-likeness (QED) is 0.853. The molecule has 0 bridgehead atoms. The van der Waals surface area contributed by atoms with Crippen molar-refractivity contribution in [3.8, 4) is 5.75 Å². The molecule has 2 amide bonds. The molecule has 0 radical (unpaired) electrons. The van der Waals surface area contributed by atoms with Crippen LogP contribution in [0.1, 0.15) is 34.4 Å². The Balaban J connectivity index is 1.97. The first-order chi connectivity index (χ1) is 10.9. The fraction of sp³-hybridized carbons (Fsp3) is 0.294. The van der Waals surface area contributed by atoms with E-state index in [2.05, 4.69) is 5.32 Å². The van der Waals surface area contributed by atoms with Crippen LogP contribution in [0.15, 0.2) is 34.7 Å². The van der Waals surface area contributed by atoms with Crippen LogP contribution in [-0.2, 0) is 11.4 Å². The molecule has 0 fully saturated rings. The molecule has 0 aliphatic carbocycles. The van der Waals surface area contributed by atoms with Crippen molar-refractivity contribution in [3.63, 3.8) is 0 Å². The summed E-state index contributed by atoms with van der Waals surface area (Å²) in [6.07, 6.45) is 0. The minimum Gasteiger partial charge on any atom is -0.485 e. The number of hydrogen-bond acceptors (Lipinski definition) is 4. The lowest BCUT2D eigenvalue weighted by Crippen LogP contribution is -2.42. The number of hydrogen-bond donors (Lipinski definition) is 2. The third-order valence-corrected chi connectivity index (χ3v) is 3.36. The normalized spacial score (nSPS) is 11.8. The average Bonchev–Trinajstić information content (AvgIpc) is 2.95. The van der Waals surface area contributed by atoms with Gasteiger partial charge in [0.15, 0.2) is 5.76 Å². The van der Waals surface area contributed by atoms with E-state index in [0.29, 0.717) is 5.76 Å². The van der Waals surface area contributed by atoms with E-state index >= 15 is 0 Å². The van der Waals surface area contributed by atoms with E-state index in [-0.39, 0.29) is 12.4 Å². The van der Waals surface area contributed by atoms with Gasteiger partial charge in [0, 0.05) is 0 Å². The number of furan rings is 1. The standard InChI is InChI=1S/C17H20N2O4/c1-10-4-6-14(11(2)8-10)22-9-13-5-7-15(23-13)17(21)19-12(3)16(18)20/h4-8,12H,9H2,1-3H3,(H2,18,20)(H,19,21)/t12-/m1/s1. The van der Waals surface area contributed by atoms with Crippen LogP contribution in [-0.4, -0.2) is 17.9 Å². The third-order valence-electron chi connectivity index (χ3n) is 3.36. The fourth-order valence-corrected chi connectivity index (χ4v) is 2.03. The van der Waals surface area contributed by atoms with Gasteiger partial charge in [-0.1, -0.05) is 17.7 Å². The average molecular weight is 316 g/mol. The molecule has 0 aliphatic rings. The van der Waals surface area contributed by atoms with Crippen LogP contribution in [0.25, 0.3) is 0 Å². The zero-order valence-electron chi connectivity index (χ0n) is 13.4. The molecule has 1 heterocycles. The Labute approximate surface area is 134 Å². The summed E-state index contributed by atoms with van der Waals surface area (Å²) in [7, 11) is 0. The molecule has 6 heteroatoms. The Morgan fingerprint density at radius 3 is 2.65 bits per heavy atom. The zero-order chi connectivity index (χ0) is 17.0. The van der Waals surface area contributed by atoms with E-state index in [4.69, 9.17) is 14.9 Å². The second kappa shape index (κ2) is 7.00. The molecular weight excluding hydrogens is 296 g/mol. The summed E-state index contributed by atoms with van der Waals surface area (Å²) in [4.78, 5) is 22.8. The van der Waals surface area contributed by atoms with Gasteiger partial charge in [-0.15, -0.1) is 0 Å². The molecule has 1 atom stereocenters. The summed E-state index contributed by atoms with van der Waals surface area (Å²) in [5.74, 6) is 0.289. The number of aryl methyl sites for hydroxylation is 2. The predicted octanol–water partition coefficient (Wildman–Crippen LogP) is 2.08. The zero-order valence-corrected chi connectivity index (χ0v) is 13.4. The van der Waals surface area contributed by atoms with Crippen LogP contribution in [0, 0.1) is 13.8 Å². The minimum absolute atomic E-state index is 0.109. The summed E-state index contributed by atoms with van der Waals surface area (Å²) in [6, 6.07) is 8.32. The number of rotatable bonds is 6. The molecule has 2 rings (SSSR count). The van der Waals surface area contributed by atoms with Gasteiger partial charge in [-0.05, 0) is 44.5 Å². The number of nitrogens with two attached hydrogens (primary N) is 1. The molecule has 1 aromatic carbocycles. The van der Waals surface area contributed by atoms with Crippen LogP contribution in [0.4, 0.5) is 0 Å². The third kappa shape index (κ3) is 4.35. The van der Waals surface area contributed by atoms with E-state index < -0.39 is 17.9 Å². The van der Waals surface area contributed by atoms with Crippen LogP contribution < -0.4 is 15.8 Å². The van der Waals surface area contributed by atoms with Gasteiger partial charge in [0.05, 0.1) is 0 Å². The van der Waals surface area contributed by atoms with Crippen molar-refractivity contribution in [1.82, 2.24) is 5.32 Å². The summed E-state index contributed by atoms with van der Waals surface area (Å²) in [5.41, 5.74) is 7.29. The Kier molecular flexibility index (Phi) is 5.05. The number of nitrogens with one attached hydrogen (secondary N) is 1. The molecule has 0 aliphatic heterocycles. The van der Waals surface area contributed by atoms with Gasteiger partial charge in [0.25, 0.3) is 5.91 Å². The van der Waals surface area contributed by atoms with E-state index in [1.807, 2.05) is 32.0 Å². The van der Waals surface area contributed by atoms with Crippen molar-refractivity contribution in [2.45, 2.75) is 33.4 Å². The highest BCUT2D eigenvalue weighted by molar-refractivity contribution is 5.95. The molecule has 0 saturated heterocycles. The van der Waals surface area contributed by atoms with Gasteiger partial charge in [-0.2, -0.15) is 0 Å². The first-order valence-electron chi connectivity index (χ1n) is 7.25. The number of primary amides is 1. The molecule has 0 spiro atoms. The van der Waals surface area contributed by atoms with E-state index in [0.717, 1.165) is 16.9 Å². The van der Waals surface area contributed by atoms with Crippen molar-refractivity contribution in [2.75, 3.05) is 0 Å². The number of amides is 2. The fourth-order valence-electron chi connectivity index (χ4n) is 2.03. The summed E-state index contributed by atoms with van der Waals surface area (Å²) >= 11 is 0. The number of ether oxygens (including phenoxy) is 1. The minimum atomic E-state index is -0.762.